The van der Waals surface area contributed by atoms with Gasteiger partial charge in [-0.2, -0.15) is 0 Å². The van der Waals surface area contributed by atoms with Gasteiger partial charge in [0.2, 0.25) is 0 Å². The van der Waals surface area contributed by atoms with E-state index in [1.807, 2.05) is 0 Å². The Hall–Kier alpha value is -1.04. The minimum atomic E-state index is 0.452. The quantitative estimate of drug-likeness (QED) is 0.650. The molecule has 0 N–H and O–H groups in total. The summed E-state index contributed by atoms with van der Waals surface area (Å²) in [5, 5.41) is 0. The first-order valence-corrected chi connectivity index (χ1v) is 6.03. The molecule has 0 heterocycles. The van der Waals surface area contributed by atoms with E-state index in [9.17, 15) is 0 Å². The molecular weight excluding hydrogens is 180 g/mol. The third-order valence-electron chi connectivity index (χ3n) is 3.47. The molecule has 2 rings (SSSR count). The van der Waals surface area contributed by atoms with Crippen molar-refractivity contribution < 1.29 is 0 Å². The van der Waals surface area contributed by atoms with Crippen LogP contribution in [0.3, 0.4) is 0 Å². The molecule has 0 radical (unpaired) electrons. The lowest BCUT2D eigenvalue weighted by molar-refractivity contribution is 0.287. The van der Waals surface area contributed by atoms with Crippen LogP contribution in [0.4, 0.5) is 0 Å². The van der Waals surface area contributed by atoms with Crippen molar-refractivity contribution in [3.8, 4) is 0 Å². The fourth-order valence-corrected chi connectivity index (χ4v) is 2.39. The van der Waals surface area contributed by atoms with E-state index in [-0.39, 0.29) is 0 Å². The second-order valence-corrected chi connectivity index (χ2v) is 4.96. The molecule has 0 bridgehead atoms. The van der Waals surface area contributed by atoms with Gasteiger partial charge in [-0.05, 0) is 23.8 Å². The van der Waals surface area contributed by atoms with Gasteiger partial charge in [0.1, 0.15) is 0 Å². The van der Waals surface area contributed by atoms with Gasteiger partial charge in [0.05, 0.1) is 0 Å². The fraction of sp³-hybridized carbons (Fsp3) is 0.467. The summed E-state index contributed by atoms with van der Waals surface area (Å²) >= 11 is 0. The van der Waals surface area contributed by atoms with Gasteiger partial charge >= 0.3 is 0 Å². The summed E-state index contributed by atoms with van der Waals surface area (Å²) in [6.07, 6.45) is 11.6. The maximum atomic E-state index is 2.42. The Balaban J connectivity index is 2.04. The van der Waals surface area contributed by atoms with Crippen molar-refractivity contribution in [3.63, 3.8) is 0 Å². The monoisotopic (exact) mass is 200 g/mol. The van der Waals surface area contributed by atoms with E-state index in [0.717, 1.165) is 0 Å². The lowest BCUT2D eigenvalue weighted by Crippen LogP contribution is -2.16. The number of hydrogen-bond donors (Lipinski definition) is 0. The zero-order chi connectivity index (χ0) is 10.6. The van der Waals surface area contributed by atoms with Gasteiger partial charge in [0.15, 0.2) is 0 Å². The molecule has 1 saturated carbocycles. The van der Waals surface area contributed by atoms with Gasteiger partial charge < -0.3 is 0 Å². The average Bonchev–Trinajstić information content (AvgIpc) is 2.29. The highest BCUT2D eigenvalue weighted by atomic mass is 14.3. The minimum Gasteiger partial charge on any atom is -0.0780 e. The summed E-state index contributed by atoms with van der Waals surface area (Å²) in [7, 11) is 0. The van der Waals surface area contributed by atoms with Crippen LogP contribution < -0.4 is 0 Å². The average molecular weight is 200 g/mol. The molecule has 0 unspecified atom stereocenters. The molecular formula is C15H20. The molecule has 0 atom stereocenters. The third kappa shape index (κ3) is 2.95. The Morgan fingerprint density at radius 1 is 1.00 bits per heavy atom. The van der Waals surface area contributed by atoms with E-state index in [4.69, 9.17) is 0 Å². The number of hydrogen-bond acceptors (Lipinski definition) is 0. The van der Waals surface area contributed by atoms with Crippen molar-refractivity contribution in [2.75, 3.05) is 0 Å². The zero-order valence-corrected chi connectivity index (χ0v) is 9.58. The van der Waals surface area contributed by atoms with E-state index in [0.29, 0.717) is 5.41 Å². The molecule has 15 heavy (non-hydrogen) atoms. The maximum Gasteiger partial charge on any atom is -0.0143 e. The summed E-state index contributed by atoms with van der Waals surface area (Å²) in [6, 6.07) is 10.6. The summed E-state index contributed by atoms with van der Waals surface area (Å²) in [5.41, 5.74) is 1.78. The van der Waals surface area contributed by atoms with Crippen LogP contribution in [-0.2, 0) is 0 Å². The summed E-state index contributed by atoms with van der Waals surface area (Å²) in [6.45, 7) is 2.39. The van der Waals surface area contributed by atoms with Gasteiger partial charge in [-0.3, -0.25) is 0 Å². The summed E-state index contributed by atoms with van der Waals surface area (Å²) in [4.78, 5) is 0. The Labute approximate surface area is 93.0 Å². The van der Waals surface area contributed by atoms with Gasteiger partial charge in [-0.15, -0.1) is 0 Å². The first-order chi connectivity index (χ1) is 7.29. The summed E-state index contributed by atoms with van der Waals surface area (Å²) in [5.74, 6) is 0. The van der Waals surface area contributed by atoms with Crippen LogP contribution in [0, 0.1) is 5.41 Å². The van der Waals surface area contributed by atoms with E-state index in [1.54, 1.807) is 0 Å². The maximum absolute atomic E-state index is 2.42. The minimum absolute atomic E-state index is 0.452. The molecule has 0 aromatic heterocycles. The normalized spacial score (nSPS) is 20.6. The van der Waals surface area contributed by atoms with E-state index >= 15 is 0 Å². The molecule has 0 heteroatoms. The molecule has 1 aliphatic carbocycles. The predicted octanol–water partition coefficient (Wildman–Crippen LogP) is 4.67. The van der Waals surface area contributed by atoms with Crippen LogP contribution in [-0.4, -0.2) is 0 Å². The Morgan fingerprint density at radius 3 is 2.33 bits per heavy atom. The second kappa shape index (κ2) is 4.65. The predicted molar refractivity (Wildman–Crippen MR) is 66.7 cm³/mol. The highest BCUT2D eigenvalue weighted by Gasteiger charge is 2.23. The van der Waals surface area contributed by atoms with Crippen LogP contribution in [0.1, 0.15) is 44.6 Å². The van der Waals surface area contributed by atoms with Crippen molar-refractivity contribution in [1.29, 1.82) is 0 Å². The highest BCUT2D eigenvalue weighted by molar-refractivity contribution is 5.49. The molecule has 1 fully saturated rings. The van der Waals surface area contributed by atoms with Crippen LogP contribution in [0.5, 0.6) is 0 Å². The molecule has 1 aromatic carbocycles. The number of allylic oxidation sites excluding steroid dienone is 1. The lowest BCUT2D eigenvalue weighted by atomic mass is 9.75. The van der Waals surface area contributed by atoms with Crippen LogP contribution in [0.15, 0.2) is 36.4 Å². The second-order valence-electron chi connectivity index (χ2n) is 4.96. The van der Waals surface area contributed by atoms with E-state index < -0.39 is 0 Å². The van der Waals surface area contributed by atoms with Crippen molar-refractivity contribution in [2.24, 2.45) is 5.41 Å². The molecule has 1 aromatic rings. The van der Waals surface area contributed by atoms with Crippen molar-refractivity contribution in [1.82, 2.24) is 0 Å². The smallest absolute Gasteiger partial charge is 0.0143 e. The van der Waals surface area contributed by atoms with Gasteiger partial charge in [-0.25, -0.2) is 0 Å². The van der Waals surface area contributed by atoms with Gasteiger partial charge in [-0.1, -0.05) is 68.7 Å². The van der Waals surface area contributed by atoms with E-state index in [1.165, 1.54) is 37.7 Å². The topological polar surface area (TPSA) is 0 Å². The van der Waals surface area contributed by atoms with Crippen LogP contribution >= 0.6 is 0 Å². The van der Waals surface area contributed by atoms with Gasteiger partial charge in [0, 0.05) is 0 Å². The SMILES string of the molecule is CC1(/C=C/c2ccccc2)CCCCC1. The van der Waals surface area contributed by atoms with Crippen LogP contribution in [0.25, 0.3) is 6.08 Å². The molecule has 80 valence electrons. The molecule has 0 amide bonds. The Kier molecular flexibility index (Phi) is 3.25. The fourth-order valence-electron chi connectivity index (χ4n) is 2.39. The first kappa shape index (κ1) is 10.5. The standard InChI is InChI=1S/C15H20/c1-15(11-6-3-7-12-15)13-10-14-8-4-2-5-9-14/h2,4-5,8-10,13H,3,6-7,11-12H2,1H3/b13-10+. The number of benzene rings is 1. The lowest BCUT2D eigenvalue weighted by Gasteiger charge is -2.30. The molecule has 0 saturated heterocycles. The number of rotatable bonds is 2. The van der Waals surface area contributed by atoms with Crippen molar-refractivity contribution in [3.05, 3.63) is 42.0 Å². The molecule has 0 aliphatic heterocycles. The molecule has 0 spiro atoms. The third-order valence-corrected chi connectivity index (χ3v) is 3.47. The molecule has 0 nitrogen and oxygen atoms in total. The van der Waals surface area contributed by atoms with Crippen molar-refractivity contribution in [2.45, 2.75) is 39.0 Å². The van der Waals surface area contributed by atoms with Gasteiger partial charge in [0.25, 0.3) is 0 Å². The van der Waals surface area contributed by atoms with E-state index in [2.05, 4.69) is 49.4 Å². The Bertz CT molecular complexity index is 315. The van der Waals surface area contributed by atoms with Crippen LogP contribution in [0.2, 0.25) is 0 Å². The molecule has 1 aliphatic rings. The summed E-state index contributed by atoms with van der Waals surface area (Å²) < 4.78 is 0. The zero-order valence-electron chi connectivity index (χ0n) is 9.58. The largest absolute Gasteiger partial charge is 0.0780 e. The highest BCUT2D eigenvalue weighted by Crippen LogP contribution is 2.37. The Morgan fingerprint density at radius 2 is 1.67 bits per heavy atom. The van der Waals surface area contributed by atoms with Crippen molar-refractivity contribution >= 4 is 6.08 Å². The first-order valence-electron chi connectivity index (χ1n) is 6.03.